The number of benzene rings is 1. The molecule has 0 radical (unpaired) electrons. The molecule has 2 aromatic rings. The minimum atomic E-state index is -0.258. The van der Waals surface area contributed by atoms with E-state index in [0.717, 1.165) is 11.3 Å². The molecule has 0 aliphatic rings. The lowest BCUT2D eigenvalue weighted by Crippen LogP contribution is -2.06. The minimum absolute atomic E-state index is 0.0454. The Kier molecular flexibility index (Phi) is 3.91. The van der Waals surface area contributed by atoms with Crippen LogP contribution in [-0.4, -0.2) is 20.9 Å². The van der Waals surface area contributed by atoms with Crippen molar-refractivity contribution in [3.8, 4) is 0 Å². The average Bonchev–Trinajstić information content (AvgIpc) is 2.73. The van der Waals surface area contributed by atoms with Crippen molar-refractivity contribution < 1.29 is 9.18 Å². The Morgan fingerprint density at radius 3 is 2.67 bits per heavy atom. The summed E-state index contributed by atoms with van der Waals surface area (Å²) in [5, 5.41) is 4.51. The normalized spacial score (nSPS) is 10.6. The van der Waals surface area contributed by atoms with Crippen LogP contribution in [0.25, 0.3) is 0 Å². The number of Topliss-reactive ketones (excluding diaryl/α,β-unsaturated/α-hetero) is 1. The Bertz CT molecular complexity index is 563. The summed E-state index contributed by atoms with van der Waals surface area (Å²) in [6.07, 6.45) is 0. The maximum Gasteiger partial charge on any atom is 0.193 e. The van der Waals surface area contributed by atoms with Gasteiger partial charge in [-0.1, -0.05) is 28.1 Å². The van der Waals surface area contributed by atoms with E-state index < -0.39 is 0 Å². The molecule has 0 saturated heterocycles. The number of ketones is 1. The van der Waals surface area contributed by atoms with Gasteiger partial charge in [0.1, 0.15) is 11.5 Å². The minimum Gasteiger partial charge on any atom is -0.291 e. The Balaban J connectivity index is 2.21. The first kappa shape index (κ1) is 13.0. The van der Waals surface area contributed by atoms with Crippen molar-refractivity contribution in [1.29, 1.82) is 0 Å². The molecule has 0 amide bonds. The zero-order valence-electron chi connectivity index (χ0n) is 9.86. The van der Waals surface area contributed by atoms with E-state index in [1.165, 1.54) is 12.1 Å². The van der Waals surface area contributed by atoms with E-state index in [2.05, 4.69) is 21.0 Å². The fourth-order valence-corrected chi connectivity index (χ4v) is 1.92. The van der Waals surface area contributed by atoms with E-state index >= 15 is 0 Å². The van der Waals surface area contributed by atoms with Crippen LogP contribution in [0.4, 0.5) is 4.39 Å². The third-order valence-corrected chi connectivity index (χ3v) is 3.14. The zero-order valence-corrected chi connectivity index (χ0v) is 11.4. The molecule has 0 spiro atoms. The number of rotatable bonds is 4. The molecule has 1 aromatic heterocycles. The second-order valence-corrected chi connectivity index (χ2v) is 4.57. The SMILES string of the molecule is Cc1cc(C(=O)CBr)nn1Cc1ccc(F)cc1. The van der Waals surface area contributed by atoms with Gasteiger partial charge in [-0.15, -0.1) is 0 Å². The number of hydrogen-bond donors (Lipinski definition) is 0. The average molecular weight is 311 g/mol. The van der Waals surface area contributed by atoms with Crippen LogP contribution in [0.2, 0.25) is 0 Å². The molecule has 0 atom stereocenters. The lowest BCUT2D eigenvalue weighted by atomic mass is 10.2. The van der Waals surface area contributed by atoms with Gasteiger partial charge in [0.15, 0.2) is 5.78 Å². The van der Waals surface area contributed by atoms with Crippen molar-refractivity contribution >= 4 is 21.7 Å². The van der Waals surface area contributed by atoms with Crippen LogP contribution in [-0.2, 0) is 6.54 Å². The van der Waals surface area contributed by atoms with E-state index in [0.29, 0.717) is 12.2 Å². The highest BCUT2D eigenvalue weighted by molar-refractivity contribution is 9.09. The van der Waals surface area contributed by atoms with Crippen molar-refractivity contribution in [3.05, 3.63) is 53.1 Å². The molecule has 3 nitrogen and oxygen atoms in total. The predicted octanol–water partition coefficient (Wildman–Crippen LogP) is 2.96. The van der Waals surface area contributed by atoms with Gasteiger partial charge in [0.05, 0.1) is 11.9 Å². The van der Waals surface area contributed by atoms with Crippen LogP contribution in [0.15, 0.2) is 30.3 Å². The third-order valence-electron chi connectivity index (χ3n) is 2.63. The molecule has 94 valence electrons. The number of nitrogens with zero attached hydrogens (tertiary/aromatic N) is 2. The van der Waals surface area contributed by atoms with Crippen LogP contribution in [0.3, 0.4) is 0 Å². The standard InChI is InChI=1S/C13H12BrFN2O/c1-9-6-12(13(18)7-14)16-17(9)8-10-2-4-11(15)5-3-10/h2-6H,7-8H2,1H3. The molecule has 0 N–H and O–H groups in total. The topological polar surface area (TPSA) is 34.9 Å². The number of aryl methyl sites for hydroxylation is 1. The third kappa shape index (κ3) is 2.85. The van der Waals surface area contributed by atoms with Gasteiger partial charge in [-0.25, -0.2) is 4.39 Å². The maximum absolute atomic E-state index is 12.8. The van der Waals surface area contributed by atoms with Crippen molar-refractivity contribution in [3.63, 3.8) is 0 Å². The predicted molar refractivity (Wildman–Crippen MR) is 70.6 cm³/mol. The highest BCUT2D eigenvalue weighted by atomic mass is 79.9. The number of alkyl halides is 1. The van der Waals surface area contributed by atoms with Gasteiger partial charge in [0.25, 0.3) is 0 Å². The first-order valence-corrected chi connectivity index (χ1v) is 6.60. The molecular weight excluding hydrogens is 299 g/mol. The summed E-state index contributed by atoms with van der Waals surface area (Å²) in [5.41, 5.74) is 2.30. The fourth-order valence-electron chi connectivity index (χ4n) is 1.64. The zero-order chi connectivity index (χ0) is 13.1. The van der Waals surface area contributed by atoms with E-state index in [1.807, 2.05) is 6.92 Å². The molecule has 0 aliphatic carbocycles. The number of aromatic nitrogens is 2. The van der Waals surface area contributed by atoms with E-state index in [4.69, 9.17) is 0 Å². The van der Waals surface area contributed by atoms with Gasteiger partial charge < -0.3 is 0 Å². The lowest BCUT2D eigenvalue weighted by Gasteiger charge is -2.04. The summed E-state index contributed by atoms with van der Waals surface area (Å²) in [5.74, 6) is -0.304. The lowest BCUT2D eigenvalue weighted by molar-refractivity contribution is 0.101. The largest absolute Gasteiger partial charge is 0.291 e. The van der Waals surface area contributed by atoms with Crippen LogP contribution in [0.5, 0.6) is 0 Å². The van der Waals surface area contributed by atoms with Crippen LogP contribution < -0.4 is 0 Å². The molecule has 0 bridgehead atoms. The fraction of sp³-hybridized carbons (Fsp3) is 0.231. The molecule has 1 aromatic carbocycles. The molecule has 0 unspecified atom stereocenters. The highest BCUT2D eigenvalue weighted by Crippen LogP contribution is 2.10. The first-order valence-electron chi connectivity index (χ1n) is 5.48. The van der Waals surface area contributed by atoms with Gasteiger partial charge >= 0.3 is 0 Å². The number of hydrogen-bond acceptors (Lipinski definition) is 2. The Morgan fingerprint density at radius 1 is 1.39 bits per heavy atom. The number of carbonyl (C=O) groups excluding carboxylic acids is 1. The molecule has 18 heavy (non-hydrogen) atoms. The Hall–Kier alpha value is -1.49. The smallest absolute Gasteiger partial charge is 0.193 e. The van der Waals surface area contributed by atoms with Crippen LogP contribution in [0, 0.1) is 12.7 Å². The second kappa shape index (κ2) is 5.44. The summed E-state index contributed by atoms with van der Waals surface area (Å²) >= 11 is 3.12. The van der Waals surface area contributed by atoms with Gasteiger partial charge in [-0.2, -0.15) is 5.10 Å². The quantitative estimate of drug-likeness (QED) is 0.643. The van der Waals surface area contributed by atoms with Crippen LogP contribution >= 0.6 is 15.9 Å². The van der Waals surface area contributed by atoms with Gasteiger partial charge in [0, 0.05) is 5.69 Å². The number of halogens is 2. The van der Waals surface area contributed by atoms with Crippen LogP contribution in [0.1, 0.15) is 21.7 Å². The van der Waals surface area contributed by atoms with Gasteiger partial charge in [-0.05, 0) is 30.7 Å². The molecular formula is C13H12BrFN2O. The molecule has 5 heteroatoms. The summed E-state index contributed by atoms with van der Waals surface area (Å²) in [4.78, 5) is 11.5. The first-order chi connectivity index (χ1) is 8.60. The van der Waals surface area contributed by atoms with Gasteiger partial charge in [-0.3, -0.25) is 9.48 Å². The van der Waals surface area contributed by atoms with Crippen molar-refractivity contribution in [2.45, 2.75) is 13.5 Å². The molecule has 0 aliphatic heterocycles. The molecule has 2 rings (SSSR count). The van der Waals surface area contributed by atoms with E-state index in [9.17, 15) is 9.18 Å². The number of carbonyl (C=O) groups is 1. The summed E-state index contributed by atoms with van der Waals surface area (Å²) in [7, 11) is 0. The Labute approximate surface area is 113 Å². The molecule has 0 saturated carbocycles. The van der Waals surface area contributed by atoms with Crippen molar-refractivity contribution in [1.82, 2.24) is 9.78 Å². The monoisotopic (exact) mass is 310 g/mol. The van der Waals surface area contributed by atoms with E-state index in [-0.39, 0.29) is 16.9 Å². The van der Waals surface area contributed by atoms with Gasteiger partial charge in [0.2, 0.25) is 0 Å². The highest BCUT2D eigenvalue weighted by Gasteiger charge is 2.11. The summed E-state index contributed by atoms with van der Waals surface area (Å²) in [6.45, 7) is 2.42. The van der Waals surface area contributed by atoms with Crippen molar-refractivity contribution in [2.75, 3.05) is 5.33 Å². The summed E-state index contributed by atoms with van der Waals surface area (Å²) in [6, 6.07) is 8.01. The Morgan fingerprint density at radius 2 is 2.06 bits per heavy atom. The molecule has 0 fully saturated rings. The summed E-state index contributed by atoms with van der Waals surface area (Å²) < 4.78 is 14.5. The molecule has 1 heterocycles. The van der Waals surface area contributed by atoms with E-state index in [1.54, 1.807) is 22.9 Å². The second-order valence-electron chi connectivity index (χ2n) is 4.01. The maximum atomic E-state index is 12.8. The van der Waals surface area contributed by atoms with Crippen molar-refractivity contribution in [2.24, 2.45) is 0 Å².